The van der Waals surface area contributed by atoms with Crippen molar-refractivity contribution in [2.75, 3.05) is 73.2 Å². The average Bonchev–Trinajstić information content (AvgIpc) is 3.60. The summed E-state index contributed by atoms with van der Waals surface area (Å²) in [5, 5.41) is 6.28. The summed E-state index contributed by atoms with van der Waals surface area (Å²) in [6, 6.07) is 22.3. The van der Waals surface area contributed by atoms with E-state index in [1.54, 1.807) is 34.9 Å². The molecule has 1 unspecified atom stereocenters. The third-order valence-corrected chi connectivity index (χ3v) is 13.9. The van der Waals surface area contributed by atoms with Gasteiger partial charge in [-0.25, -0.2) is 17.8 Å². The Morgan fingerprint density at radius 1 is 0.923 bits per heavy atom. The van der Waals surface area contributed by atoms with Crippen LogP contribution in [0.2, 0.25) is 5.02 Å². The smallest absolute Gasteiger partial charge is 0.275 e. The molecule has 7 rings (SSSR count). The van der Waals surface area contributed by atoms with Crippen LogP contribution >= 0.6 is 11.6 Å². The lowest BCUT2D eigenvalue weighted by molar-refractivity contribution is 0.0323. The summed E-state index contributed by atoms with van der Waals surface area (Å²) < 4.78 is 43.3. The highest BCUT2D eigenvalue weighted by Crippen LogP contribution is 2.32. The topological polar surface area (TPSA) is 147 Å². The molecule has 4 aromatic carbocycles. The lowest BCUT2D eigenvalue weighted by Gasteiger charge is -2.38. The maximum atomic E-state index is 15.2. The predicted molar refractivity (Wildman–Crippen MR) is 253 cm³/mol. The molecule has 1 aromatic heterocycles. The second-order valence-corrected chi connectivity index (χ2v) is 19.1. The Balaban J connectivity index is 1.23. The molecule has 0 bridgehead atoms. The molecule has 0 saturated carbocycles. The SMILES string of the molecule is CCCCN(CCCC)C(=O)c1nn(-c2ccc(C(=O)NS(=O)(=O)c3ccc4cccc(OCCN5CCOCC5)c4c3)cc2C(=O)N2Cc3ccccc3CC2CN(C)C)c(C)c1Cl. The first-order valence-electron chi connectivity index (χ1n) is 22.5. The van der Waals surface area contributed by atoms with Gasteiger partial charge in [-0.15, -0.1) is 0 Å². The zero-order valence-corrected chi connectivity index (χ0v) is 39.6. The van der Waals surface area contributed by atoms with Gasteiger partial charge in [0.15, 0.2) is 5.69 Å². The van der Waals surface area contributed by atoms with Crippen LogP contribution in [0.4, 0.5) is 0 Å². The number of benzene rings is 4. The highest BCUT2D eigenvalue weighted by Gasteiger charge is 2.34. The van der Waals surface area contributed by atoms with Crippen LogP contribution in [0.5, 0.6) is 5.75 Å². The van der Waals surface area contributed by atoms with Crippen molar-refractivity contribution in [1.29, 1.82) is 0 Å². The number of fused-ring (bicyclic) bond motifs is 2. The van der Waals surface area contributed by atoms with E-state index >= 15 is 4.79 Å². The van der Waals surface area contributed by atoms with Gasteiger partial charge in [-0.2, -0.15) is 5.10 Å². The molecule has 2 aliphatic heterocycles. The van der Waals surface area contributed by atoms with Crippen LogP contribution in [0, 0.1) is 6.92 Å². The van der Waals surface area contributed by atoms with Crippen molar-refractivity contribution in [2.24, 2.45) is 0 Å². The summed E-state index contributed by atoms with van der Waals surface area (Å²) in [5.74, 6) is -1.09. The van der Waals surface area contributed by atoms with Crippen molar-refractivity contribution < 1.29 is 32.3 Å². The molecule has 346 valence electrons. The van der Waals surface area contributed by atoms with Crippen molar-refractivity contribution >= 4 is 50.1 Å². The van der Waals surface area contributed by atoms with Gasteiger partial charge in [0.25, 0.3) is 27.7 Å². The highest BCUT2D eigenvalue weighted by molar-refractivity contribution is 7.90. The van der Waals surface area contributed by atoms with Gasteiger partial charge in [0, 0.05) is 62.8 Å². The number of ether oxygens (including phenoxy) is 2. The van der Waals surface area contributed by atoms with Crippen LogP contribution in [-0.2, 0) is 27.7 Å². The Labute approximate surface area is 387 Å². The van der Waals surface area contributed by atoms with E-state index in [0.29, 0.717) is 81.5 Å². The summed E-state index contributed by atoms with van der Waals surface area (Å²) >= 11 is 6.93. The summed E-state index contributed by atoms with van der Waals surface area (Å²) in [4.78, 5) is 51.1. The maximum Gasteiger partial charge on any atom is 0.275 e. The zero-order valence-electron chi connectivity index (χ0n) is 38.0. The van der Waals surface area contributed by atoms with Gasteiger partial charge >= 0.3 is 0 Å². The molecule has 1 atom stereocenters. The van der Waals surface area contributed by atoms with Crippen LogP contribution < -0.4 is 9.46 Å². The minimum absolute atomic E-state index is 0.0623. The standard InChI is InChI=1S/C49H60ClN7O7S/c1-6-8-21-55(22-9-7-2)49(60)46-45(50)34(3)57(51-46)43-20-18-37(30-42(43)48(59)56-32-38-14-11-10-13-36(38)29-39(56)33-53(4)5)47(58)52-65(61,62)40-19-17-35-15-12-16-44(41(35)31-40)64-28-25-54-23-26-63-27-24-54/h10-20,30-31,39H,6-9,21-29,32-33H2,1-5H3,(H,52,58). The number of rotatable bonds is 18. The molecule has 1 saturated heterocycles. The molecule has 1 fully saturated rings. The Morgan fingerprint density at radius 2 is 1.65 bits per heavy atom. The molecule has 0 spiro atoms. The monoisotopic (exact) mass is 925 g/mol. The number of carbonyl (C=O) groups is 3. The van der Waals surface area contributed by atoms with Gasteiger partial charge in [0.05, 0.1) is 40.1 Å². The first-order chi connectivity index (χ1) is 31.3. The van der Waals surface area contributed by atoms with Gasteiger partial charge in [-0.1, -0.05) is 80.8 Å². The van der Waals surface area contributed by atoms with Crippen LogP contribution in [-0.4, -0.2) is 135 Å². The third-order valence-electron chi connectivity index (χ3n) is 12.1. The molecule has 16 heteroatoms. The second kappa shape index (κ2) is 21.3. The lowest BCUT2D eigenvalue weighted by Crippen LogP contribution is -2.49. The van der Waals surface area contributed by atoms with E-state index in [1.165, 1.54) is 28.9 Å². The summed E-state index contributed by atoms with van der Waals surface area (Å²) in [6.07, 6.45) is 4.08. The number of nitrogens with zero attached hydrogens (tertiary/aromatic N) is 6. The van der Waals surface area contributed by atoms with Crippen LogP contribution in [0.15, 0.2) is 83.8 Å². The normalized spacial score (nSPS) is 15.6. The van der Waals surface area contributed by atoms with E-state index in [9.17, 15) is 18.0 Å². The van der Waals surface area contributed by atoms with E-state index in [-0.39, 0.29) is 44.6 Å². The van der Waals surface area contributed by atoms with Crippen LogP contribution in [0.25, 0.3) is 16.5 Å². The number of aromatic nitrogens is 2. The third kappa shape index (κ3) is 11.0. The number of hydrogen-bond donors (Lipinski definition) is 1. The molecule has 1 N–H and O–H groups in total. The maximum absolute atomic E-state index is 15.2. The largest absolute Gasteiger partial charge is 0.492 e. The Morgan fingerprint density at radius 3 is 2.35 bits per heavy atom. The molecule has 0 aliphatic carbocycles. The van der Waals surface area contributed by atoms with Crippen LogP contribution in [0.3, 0.4) is 0 Å². The fourth-order valence-electron chi connectivity index (χ4n) is 8.48. The van der Waals surface area contributed by atoms with Crippen molar-refractivity contribution in [2.45, 2.75) is 70.4 Å². The zero-order chi connectivity index (χ0) is 46.3. The number of morpholine rings is 1. The molecule has 2 aliphatic rings. The van der Waals surface area contributed by atoms with E-state index in [0.717, 1.165) is 55.3 Å². The average molecular weight is 927 g/mol. The Bertz CT molecular complexity index is 2620. The van der Waals surface area contributed by atoms with Crippen molar-refractivity contribution in [3.63, 3.8) is 0 Å². The lowest BCUT2D eigenvalue weighted by atomic mass is 9.92. The van der Waals surface area contributed by atoms with E-state index in [2.05, 4.69) is 29.5 Å². The second-order valence-electron chi connectivity index (χ2n) is 17.1. The van der Waals surface area contributed by atoms with Crippen LogP contribution in [0.1, 0.15) is 87.6 Å². The number of hydrogen-bond acceptors (Lipinski definition) is 10. The minimum Gasteiger partial charge on any atom is -0.492 e. The van der Waals surface area contributed by atoms with Gasteiger partial charge in [0.1, 0.15) is 12.4 Å². The van der Waals surface area contributed by atoms with E-state index < -0.39 is 15.9 Å². The first kappa shape index (κ1) is 47.6. The molecule has 3 amide bonds. The Hall–Kier alpha value is -5.32. The molecule has 14 nitrogen and oxygen atoms in total. The quantitative estimate of drug-likeness (QED) is 0.0977. The fourth-order valence-corrected chi connectivity index (χ4v) is 9.68. The summed E-state index contributed by atoms with van der Waals surface area (Å²) in [6.45, 7) is 11.9. The summed E-state index contributed by atoms with van der Waals surface area (Å²) in [5.41, 5.74) is 2.98. The number of unbranched alkanes of at least 4 members (excludes halogenated alkanes) is 2. The number of sulfonamides is 1. The fraction of sp³-hybridized carbons (Fsp3) is 0.429. The van der Waals surface area contributed by atoms with Crippen molar-refractivity contribution in [3.05, 3.63) is 118 Å². The van der Waals surface area contributed by atoms with Gasteiger partial charge in [0.2, 0.25) is 0 Å². The minimum atomic E-state index is -4.42. The number of carbonyl (C=O) groups excluding carboxylic acids is 3. The van der Waals surface area contributed by atoms with Gasteiger partial charge < -0.3 is 24.2 Å². The van der Waals surface area contributed by atoms with Gasteiger partial charge in [-0.3, -0.25) is 19.3 Å². The Kier molecular flexibility index (Phi) is 15.6. The number of nitrogens with one attached hydrogen (secondary N) is 1. The molecule has 3 heterocycles. The van der Waals surface area contributed by atoms with E-state index in [1.807, 2.05) is 49.3 Å². The first-order valence-corrected chi connectivity index (χ1v) is 24.4. The van der Waals surface area contributed by atoms with Crippen molar-refractivity contribution in [1.82, 2.24) is 34.1 Å². The highest BCUT2D eigenvalue weighted by atomic mass is 35.5. The predicted octanol–water partition coefficient (Wildman–Crippen LogP) is 6.99. The molecule has 0 radical (unpaired) electrons. The van der Waals surface area contributed by atoms with Crippen molar-refractivity contribution in [3.8, 4) is 11.4 Å². The number of halogens is 1. The number of likely N-dealkylation sites (N-methyl/N-ethyl adjacent to an activating group) is 1. The molecular formula is C49H60ClN7O7S. The van der Waals surface area contributed by atoms with E-state index in [4.69, 9.17) is 26.2 Å². The molecular weight excluding hydrogens is 866 g/mol. The molecule has 65 heavy (non-hydrogen) atoms. The summed E-state index contributed by atoms with van der Waals surface area (Å²) in [7, 11) is -0.516. The van der Waals surface area contributed by atoms with Gasteiger partial charge in [-0.05, 0) is 93.2 Å². The molecule has 5 aromatic rings. The number of amides is 3.